The summed E-state index contributed by atoms with van der Waals surface area (Å²) in [4.78, 5) is 1.85. The number of aliphatic hydroxyl groups excluding tert-OH is 1. The highest BCUT2D eigenvalue weighted by Gasteiger charge is 2.25. The Kier molecular flexibility index (Phi) is 2.11. The van der Waals surface area contributed by atoms with Gasteiger partial charge in [-0.1, -0.05) is 0 Å². The molecule has 1 heterocycles. The highest BCUT2D eigenvalue weighted by molar-refractivity contribution is 6.45. The molecular weight excluding hydrogens is 117 g/mol. The highest BCUT2D eigenvalue weighted by Crippen LogP contribution is 2.08. The number of rotatable bonds is 1. The summed E-state index contributed by atoms with van der Waals surface area (Å²) in [7, 11) is -0.401. The van der Waals surface area contributed by atoms with E-state index < -0.39 is 7.05 Å². The molecule has 1 rings (SSSR count). The van der Waals surface area contributed by atoms with Gasteiger partial charge in [0.2, 0.25) is 0 Å². The van der Waals surface area contributed by atoms with E-state index in [0.717, 1.165) is 13.0 Å². The van der Waals surface area contributed by atoms with E-state index in [1.54, 1.807) is 6.82 Å². The average Bonchev–Trinajstić information content (AvgIpc) is 2.14. The van der Waals surface area contributed by atoms with Crippen molar-refractivity contribution in [1.29, 1.82) is 0 Å². The van der Waals surface area contributed by atoms with Crippen LogP contribution in [0, 0.1) is 0 Å². The third-order valence-electron chi connectivity index (χ3n) is 1.72. The monoisotopic (exact) mass is 129 g/mol. The van der Waals surface area contributed by atoms with Crippen LogP contribution in [0.15, 0.2) is 0 Å². The first-order valence-corrected chi connectivity index (χ1v) is 3.30. The lowest BCUT2D eigenvalue weighted by atomic mass is 9.86. The molecule has 0 radical (unpaired) electrons. The van der Waals surface area contributed by atoms with Crippen molar-refractivity contribution in [3.05, 3.63) is 0 Å². The third-order valence-corrected chi connectivity index (χ3v) is 1.72. The number of hydrogen-bond acceptors (Lipinski definition) is 3. The van der Waals surface area contributed by atoms with E-state index in [1.165, 1.54) is 0 Å². The number of aliphatic hydroxyl groups is 1. The summed E-state index contributed by atoms with van der Waals surface area (Å²) in [5, 5.41) is 18.0. The fourth-order valence-corrected chi connectivity index (χ4v) is 1.11. The second kappa shape index (κ2) is 2.69. The molecule has 0 aliphatic carbocycles. The van der Waals surface area contributed by atoms with E-state index in [1.807, 2.05) is 4.81 Å². The molecule has 0 aromatic carbocycles. The number of hydrogen-bond donors (Lipinski definition) is 2. The van der Waals surface area contributed by atoms with Crippen LogP contribution in [0.4, 0.5) is 0 Å². The molecule has 0 amide bonds. The molecule has 9 heavy (non-hydrogen) atoms. The smallest absolute Gasteiger partial charge is 0.376 e. The summed E-state index contributed by atoms with van der Waals surface area (Å²) in [5.41, 5.74) is 0. The molecule has 4 heteroatoms. The second-order valence-electron chi connectivity index (χ2n) is 2.57. The van der Waals surface area contributed by atoms with Gasteiger partial charge >= 0.3 is 7.05 Å². The molecular formula is C5H12BNO2. The average molecular weight is 129 g/mol. The largest absolute Gasteiger partial charge is 0.437 e. The van der Waals surface area contributed by atoms with Crippen LogP contribution >= 0.6 is 0 Å². The van der Waals surface area contributed by atoms with Gasteiger partial charge in [0.25, 0.3) is 0 Å². The number of β-amino-alcohol motifs (C(OH)–C–C–N with tert-alkyl or cyclic N) is 1. The van der Waals surface area contributed by atoms with Crippen LogP contribution < -0.4 is 0 Å². The zero-order chi connectivity index (χ0) is 6.85. The van der Waals surface area contributed by atoms with E-state index >= 15 is 0 Å². The Hall–Kier alpha value is -0.0551. The van der Waals surface area contributed by atoms with Gasteiger partial charge < -0.3 is 14.9 Å². The van der Waals surface area contributed by atoms with E-state index in [-0.39, 0.29) is 6.10 Å². The molecule has 1 aliphatic heterocycles. The van der Waals surface area contributed by atoms with Gasteiger partial charge in [-0.15, -0.1) is 0 Å². The molecule has 0 saturated carbocycles. The Morgan fingerprint density at radius 3 is 2.56 bits per heavy atom. The van der Waals surface area contributed by atoms with Crippen molar-refractivity contribution in [2.75, 3.05) is 13.1 Å². The fraction of sp³-hybridized carbons (Fsp3) is 1.00. The van der Waals surface area contributed by atoms with Crippen molar-refractivity contribution in [3.63, 3.8) is 0 Å². The maximum atomic E-state index is 9.00. The van der Waals surface area contributed by atoms with E-state index in [2.05, 4.69) is 0 Å². The highest BCUT2D eigenvalue weighted by atomic mass is 16.3. The van der Waals surface area contributed by atoms with Crippen LogP contribution in [-0.2, 0) is 0 Å². The molecule has 0 aromatic heterocycles. The van der Waals surface area contributed by atoms with Gasteiger partial charge in [-0.2, -0.15) is 0 Å². The first-order valence-electron chi connectivity index (χ1n) is 3.30. The zero-order valence-corrected chi connectivity index (χ0v) is 5.62. The topological polar surface area (TPSA) is 43.7 Å². The predicted molar refractivity (Wildman–Crippen MR) is 36.0 cm³/mol. The van der Waals surface area contributed by atoms with Crippen LogP contribution in [0.5, 0.6) is 0 Å². The standard InChI is InChI=1S/C5H12BNO2/c1-6(9)7-3-2-5(8)4-7/h5,8-9H,2-4H2,1H3. The van der Waals surface area contributed by atoms with Crippen molar-refractivity contribution >= 4 is 7.05 Å². The van der Waals surface area contributed by atoms with Gasteiger partial charge in [0.15, 0.2) is 0 Å². The molecule has 1 atom stereocenters. The molecule has 1 saturated heterocycles. The Morgan fingerprint density at radius 2 is 2.33 bits per heavy atom. The normalized spacial score (nSPS) is 29.0. The number of nitrogens with zero attached hydrogens (tertiary/aromatic N) is 1. The van der Waals surface area contributed by atoms with Crippen LogP contribution in [-0.4, -0.2) is 41.2 Å². The quantitative estimate of drug-likeness (QED) is 0.454. The van der Waals surface area contributed by atoms with Crippen molar-refractivity contribution < 1.29 is 10.1 Å². The first-order chi connectivity index (χ1) is 4.20. The van der Waals surface area contributed by atoms with Gasteiger partial charge in [0.1, 0.15) is 0 Å². The predicted octanol–water partition coefficient (Wildman–Crippen LogP) is -0.837. The summed E-state index contributed by atoms with van der Waals surface area (Å²) in [6, 6.07) is 0. The van der Waals surface area contributed by atoms with Gasteiger partial charge in [0.05, 0.1) is 6.10 Å². The summed E-state index contributed by atoms with van der Waals surface area (Å²) in [5.74, 6) is 0. The molecule has 52 valence electrons. The molecule has 1 unspecified atom stereocenters. The summed E-state index contributed by atoms with van der Waals surface area (Å²) in [6.45, 7) is 3.16. The van der Waals surface area contributed by atoms with Gasteiger partial charge in [-0.25, -0.2) is 0 Å². The summed E-state index contributed by atoms with van der Waals surface area (Å²) in [6.07, 6.45) is 0.574. The maximum absolute atomic E-state index is 9.00. The molecule has 0 spiro atoms. The Balaban J connectivity index is 2.30. The molecule has 1 aliphatic rings. The Labute approximate surface area is 55.4 Å². The van der Waals surface area contributed by atoms with Crippen LogP contribution in [0.3, 0.4) is 0 Å². The summed E-state index contributed by atoms with van der Waals surface area (Å²) >= 11 is 0. The SMILES string of the molecule is CB(O)N1CCC(O)C1. The molecule has 0 aromatic rings. The first kappa shape index (κ1) is 7.06. The van der Waals surface area contributed by atoms with Crippen LogP contribution in [0.1, 0.15) is 6.42 Å². The summed E-state index contributed by atoms with van der Waals surface area (Å²) < 4.78 is 0. The van der Waals surface area contributed by atoms with Gasteiger partial charge in [-0.05, 0) is 19.8 Å². The van der Waals surface area contributed by atoms with E-state index in [9.17, 15) is 0 Å². The van der Waals surface area contributed by atoms with Crippen molar-refractivity contribution in [2.24, 2.45) is 0 Å². The molecule has 2 N–H and O–H groups in total. The molecule has 1 fully saturated rings. The second-order valence-corrected chi connectivity index (χ2v) is 2.57. The van der Waals surface area contributed by atoms with Crippen LogP contribution in [0.25, 0.3) is 0 Å². The minimum atomic E-state index is -0.401. The minimum Gasteiger partial charge on any atom is -0.437 e. The van der Waals surface area contributed by atoms with Gasteiger partial charge in [0, 0.05) is 6.54 Å². The lowest BCUT2D eigenvalue weighted by Gasteiger charge is -2.13. The van der Waals surface area contributed by atoms with Crippen molar-refractivity contribution in [2.45, 2.75) is 19.3 Å². The third kappa shape index (κ3) is 1.68. The Morgan fingerprint density at radius 1 is 1.67 bits per heavy atom. The molecule has 3 nitrogen and oxygen atoms in total. The van der Waals surface area contributed by atoms with Gasteiger partial charge in [-0.3, -0.25) is 0 Å². The Bertz CT molecular complexity index is 99.0. The van der Waals surface area contributed by atoms with E-state index in [0.29, 0.717) is 6.54 Å². The lowest BCUT2D eigenvalue weighted by molar-refractivity contribution is 0.187. The minimum absolute atomic E-state index is 0.223. The zero-order valence-electron chi connectivity index (χ0n) is 5.62. The van der Waals surface area contributed by atoms with Crippen molar-refractivity contribution in [3.8, 4) is 0 Å². The molecule has 0 bridgehead atoms. The lowest BCUT2D eigenvalue weighted by Crippen LogP contribution is -2.35. The van der Waals surface area contributed by atoms with Crippen LogP contribution in [0.2, 0.25) is 6.82 Å². The van der Waals surface area contributed by atoms with E-state index in [4.69, 9.17) is 10.1 Å². The fourth-order valence-electron chi connectivity index (χ4n) is 1.11. The maximum Gasteiger partial charge on any atom is 0.376 e. The van der Waals surface area contributed by atoms with Crippen molar-refractivity contribution in [1.82, 2.24) is 4.81 Å².